The number of carbonyl (C=O) groups excluding carboxylic acids is 1. The van der Waals surface area contributed by atoms with Gasteiger partial charge < -0.3 is 9.73 Å². The molecule has 1 N–H and O–H groups in total. The molecule has 18 heavy (non-hydrogen) atoms. The van der Waals surface area contributed by atoms with Gasteiger partial charge in [-0.15, -0.1) is 0 Å². The first-order valence-corrected chi connectivity index (χ1v) is 8.00. The quantitative estimate of drug-likeness (QED) is 0.847. The molecule has 0 aromatic carbocycles. The summed E-state index contributed by atoms with van der Waals surface area (Å²) in [6.07, 6.45) is 3.34. The van der Waals surface area contributed by atoms with Crippen LogP contribution < -0.4 is 5.32 Å². The van der Waals surface area contributed by atoms with E-state index < -0.39 is 9.84 Å². The third-order valence-corrected chi connectivity index (χ3v) is 4.77. The van der Waals surface area contributed by atoms with Gasteiger partial charge in [0.15, 0.2) is 14.5 Å². The molecule has 1 unspecified atom stereocenters. The van der Waals surface area contributed by atoms with E-state index in [2.05, 4.69) is 21.2 Å². The van der Waals surface area contributed by atoms with Crippen LogP contribution in [-0.4, -0.2) is 31.9 Å². The van der Waals surface area contributed by atoms with Crippen LogP contribution in [0.4, 0.5) is 0 Å². The number of amides is 1. The molecule has 0 aliphatic carbocycles. The van der Waals surface area contributed by atoms with Crippen molar-refractivity contribution < 1.29 is 17.6 Å². The highest BCUT2D eigenvalue weighted by atomic mass is 79.9. The molecule has 1 fully saturated rings. The van der Waals surface area contributed by atoms with Crippen LogP contribution in [0.25, 0.3) is 6.08 Å². The largest absolute Gasteiger partial charge is 0.450 e. The van der Waals surface area contributed by atoms with Crippen LogP contribution in [0.2, 0.25) is 0 Å². The predicted octanol–water partition coefficient (Wildman–Crippen LogP) is 1.36. The first kappa shape index (κ1) is 13.4. The van der Waals surface area contributed by atoms with Crippen LogP contribution in [0.1, 0.15) is 12.2 Å². The van der Waals surface area contributed by atoms with Gasteiger partial charge in [-0.1, -0.05) is 0 Å². The van der Waals surface area contributed by atoms with E-state index in [0.29, 0.717) is 16.9 Å². The Morgan fingerprint density at radius 2 is 2.28 bits per heavy atom. The van der Waals surface area contributed by atoms with Gasteiger partial charge >= 0.3 is 0 Å². The molecule has 98 valence electrons. The Kier molecular flexibility index (Phi) is 3.91. The monoisotopic (exact) mass is 333 g/mol. The Labute approximate surface area is 113 Å². The van der Waals surface area contributed by atoms with Crippen molar-refractivity contribution in [1.29, 1.82) is 0 Å². The minimum atomic E-state index is -2.97. The fourth-order valence-corrected chi connectivity index (χ4v) is 3.73. The summed E-state index contributed by atoms with van der Waals surface area (Å²) in [4.78, 5) is 11.5. The lowest BCUT2D eigenvalue weighted by Crippen LogP contribution is -2.34. The van der Waals surface area contributed by atoms with Crippen LogP contribution in [0.15, 0.2) is 27.3 Å². The van der Waals surface area contributed by atoms with Crippen molar-refractivity contribution in [3.63, 3.8) is 0 Å². The highest BCUT2D eigenvalue weighted by Gasteiger charge is 2.28. The minimum absolute atomic E-state index is 0.0267. The van der Waals surface area contributed by atoms with Crippen molar-refractivity contribution in [2.75, 3.05) is 11.5 Å². The molecular weight excluding hydrogens is 322 g/mol. The average molecular weight is 334 g/mol. The first-order chi connectivity index (χ1) is 8.44. The van der Waals surface area contributed by atoms with Gasteiger partial charge in [0, 0.05) is 12.1 Å². The third-order valence-electron chi connectivity index (χ3n) is 2.57. The normalized spacial score (nSPS) is 22.4. The van der Waals surface area contributed by atoms with Crippen LogP contribution in [0, 0.1) is 0 Å². The molecule has 1 amide bonds. The third kappa shape index (κ3) is 3.71. The maximum absolute atomic E-state index is 11.5. The number of nitrogens with one attached hydrogen (secondary N) is 1. The zero-order valence-corrected chi connectivity index (χ0v) is 11.8. The fourth-order valence-electron chi connectivity index (χ4n) is 1.73. The van der Waals surface area contributed by atoms with Gasteiger partial charge in [0.1, 0.15) is 5.76 Å². The summed E-state index contributed by atoms with van der Waals surface area (Å²) in [5, 5.41) is 2.65. The molecule has 1 saturated heterocycles. The molecule has 0 radical (unpaired) electrons. The van der Waals surface area contributed by atoms with E-state index in [9.17, 15) is 13.2 Å². The Hall–Kier alpha value is -1.08. The fraction of sp³-hybridized carbons (Fsp3) is 0.364. The summed E-state index contributed by atoms with van der Waals surface area (Å²) in [7, 11) is -2.97. The maximum Gasteiger partial charge on any atom is 0.244 e. The first-order valence-electron chi connectivity index (χ1n) is 5.39. The zero-order chi connectivity index (χ0) is 13.2. The van der Waals surface area contributed by atoms with E-state index in [-0.39, 0.29) is 23.5 Å². The highest BCUT2D eigenvalue weighted by Crippen LogP contribution is 2.15. The molecule has 0 saturated carbocycles. The maximum atomic E-state index is 11.5. The van der Waals surface area contributed by atoms with E-state index in [0.717, 1.165) is 0 Å². The van der Waals surface area contributed by atoms with Crippen molar-refractivity contribution >= 4 is 37.8 Å². The summed E-state index contributed by atoms with van der Waals surface area (Å²) in [5.41, 5.74) is 0. The van der Waals surface area contributed by atoms with Crippen molar-refractivity contribution in [2.24, 2.45) is 0 Å². The van der Waals surface area contributed by atoms with Crippen molar-refractivity contribution in [1.82, 2.24) is 5.32 Å². The number of rotatable bonds is 3. The summed E-state index contributed by atoms with van der Waals surface area (Å²) in [6, 6.07) is 3.16. The van der Waals surface area contributed by atoms with Crippen molar-refractivity contribution in [2.45, 2.75) is 12.5 Å². The molecule has 1 atom stereocenters. The molecule has 0 bridgehead atoms. The minimum Gasteiger partial charge on any atom is -0.450 e. The molecule has 2 rings (SSSR count). The Morgan fingerprint density at radius 1 is 1.50 bits per heavy atom. The predicted molar refractivity (Wildman–Crippen MR) is 70.6 cm³/mol. The van der Waals surface area contributed by atoms with Crippen LogP contribution in [-0.2, 0) is 14.6 Å². The number of hydrogen-bond acceptors (Lipinski definition) is 4. The van der Waals surface area contributed by atoms with Crippen molar-refractivity contribution in [3.05, 3.63) is 28.6 Å². The number of furan rings is 1. The lowest BCUT2D eigenvalue weighted by molar-refractivity contribution is -0.116. The van der Waals surface area contributed by atoms with Gasteiger partial charge in [-0.05, 0) is 40.6 Å². The van der Waals surface area contributed by atoms with E-state index in [1.807, 2.05) is 0 Å². The summed E-state index contributed by atoms with van der Waals surface area (Å²) in [5.74, 6) is 0.409. The Bertz CT molecular complexity index is 576. The van der Waals surface area contributed by atoms with Gasteiger partial charge in [0.25, 0.3) is 0 Å². The smallest absolute Gasteiger partial charge is 0.244 e. The second-order valence-corrected chi connectivity index (χ2v) is 7.09. The highest BCUT2D eigenvalue weighted by molar-refractivity contribution is 9.10. The molecule has 2 heterocycles. The second-order valence-electron chi connectivity index (χ2n) is 4.08. The molecule has 1 aliphatic rings. The molecule has 5 nitrogen and oxygen atoms in total. The van der Waals surface area contributed by atoms with E-state index >= 15 is 0 Å². The molecule has 7 heteroatoms. The summed E-state index contributed by atoms with van der Waals surface area (Å²) < 4.78 is 28.2. The van der Waals surface area contributed by atoms with E-state index in [1.165, 1.54) is 12.2 Å². The lowest BCUT2D eigenvalue weighted by Gasteiger charge is -2.07. The second kappa shape index (κ2) is 5.27. The average Bonchev–Trinajstić information content (AvgIpc) is 2.82. The number of sulfone groups is 1. The topological polar surface area (TPSA) is 76.4 Å². The molecule has 1 aliphatic heterocycles. The van der Waals surface area contributed by atoms with Crippen LogP contribution >= 0.6 is 15.9 Å². The molecule has 1 aromatic heterocycles. The number of hydrogen-bond donors (Lipinski definition) is 1. The van der Waals surface area contributed by atoms with Gasteiger partial charge in [-0.25, -0.2) is 8.42 Å². The molecular formula is C11H12BrNO4S. The Morgan fingerprint density at radius 3 is 2.83 bits per heavy atom. The SMILES string of the molecule is O=C(C=Cc1ccc(Br)o1)NC1CCS(=O)(=O)C1. The standard InChI is InChI=1S/C11H12BrNO4S/c12-10-3-1-9(17-10)2-4-11(14)13-8-5-6-18(15,16)7-8/h1-4,8H,5-7H2,(H,13,14). The van der Waals surface area contributed by atoms with Gasteiger partial charge in [0.2, 0.25) is 5.91 Å². The van der Waals surface area contributed by atoms with E-state index in [4.69, 9.17) is 4.42 Å². The Balaban J connectivity index is 1.88. The summed E-state index contributed by atoms with van der Waals surface area (Å²) in [6.45, 7) is 0. The number of halogens is 1. The van der Waals surface area contributed by atoms with Crippen LogP contribution in [0.3, 0.4) is 0 Å². The molecule has 1 aromatic rings. The summed E-state index contributed by atoms with van der Waals surface area (Å²) >= 11 is 3.15. The zero-order valence-electron chi connectivity index (χ0n) is 9.43. The van der Waals surface area contributed by atoms with Gasteiger partial charge in [0.05, 0.1) is 11.5 Å². The van der Waals surface area contributed by atoms with E-state index in [1.54, 1.807) is 12.1 Å². The molecule has 0 spiro atoms. The van der Waals surface area contributed by atoms with Gasteiger partial charge in [-0.2, -0.15) is 0 Å². The lowest BCUT2D eigenvalue weighted by atomic mass is 10.2. The number of carbonyl (C=O) groups is 1. The van der Waals surface area contributed by atoms with Gasteiger partial charge in [-0.3, -0.25) is 4.79 Å². The van der Waals surface area contributed by atoms with Crippen LogP contribution in [0.5, 0.6) is 0 Å². The van der Waals surface area contributed by atoms with Crippen molar-refractivity contribution in [3.8, 4) is 0 Å².